The summed E-state index contributed by atoms with van der Waals surface area (Å²) in [6, 6.07) is 4.10. The first-order valence-corrected chi connectivity index (χ1v) is 4.50. The molecule has 0 atom stereocenters. The summed E-state index contributed by atoms with van der Waals surface area (Å²) in [7, 11) is 0. The van der Waals surface area contributed by atoms with Crippen LogP contribution in [0, 0.1) is 6.92 Å². The van der Waals surface area contributed by atoms with Gasteiger partial charge < -0.3 is 0 Å². The van der Waals surface area contributed by atoms with E-state index in [4.69, 9.17) is 0 Å². The topological polar surface area (TPSA) is 41.6 Å². The molecule has 0 saturated heterocycles. The number of aromatic nitrogens is 3. The summed E-state index contributed by atoms with van der Waals surface area (Å²) < 4.78 is 0. The zero-order chi connectivity index (χ0) is 9.42. The van der Waals surface area contributed by atoms with E-state index < -0.39 is 0 Å². The third kappa shape index (κ3) is 1.30. The molecule has 13 heavy (non-hydrogen) atoms. The number of nitrogens with zero attached hydrogens (tertiary/aromatic N) is 2. The number of fused-ring (bicyclic) bond motifs is 1. The van der Waals surface area contributed by atoms with E-state index in [-0.39, 0.29) is 0 Å². The molecular formula is C10H13N3. The van der Waals surface area contributed by atoms with E-state index >= 15 is 0 Å². The Morgan fingerprint density at radius 1 is 1.31 bits per heavy atom. The molecule has 0 radical (unpaired) electrons. The zero-order valence-electron chi connectivity index (χ0n) is 8.13. The molecule has 1 N–H and O–H groups in total. The molecular weight excluding hydrogens is 162 g/mol. The van der Waals surface area contributed by atoms with Gasteiger partial charge in [-0.3, -0.25) is 5.10 Å². The molecule has 3 nitrogen and oxygen atoms in total. The van der Waals surface area contributed by atoms with E-state index in [9.17, 15) is 0 Å². The van der Waals surface area contributed by atoms with Crippen LogP contribution in [0.15, 0.2) is 12.1 Å². The van der Waals surface area contributed by atoms with Gasteiger partial charge >= 0.3 is 0 Å². The molecule has 3 heteroatoms. The molecule has 0 saturated carbocycles. The molecule has 2 heterocycles. The van der Waals surface area contributed by atoms with Crippen molar-refractivity contribution < 1.29 is 0 Å². The quantitative estimate of drug-likeness (QED) is 0.723. The van der Waals surface area contributed by atoms with Crippen molar-refractivity contribution in [2.45, 2.75) is 26.7 Å². The normalized spacial score (nSPS) is 11.4. The minimum Gasteiger partial charge on any atom is -0.261 e. The number of rotatable bonds is 1. The number of pyridine rings is 1. The molecule has 0 bridgehead atoms. The van der Waals surface area contributed by atoms with E-state index in [0.29, 0.717) is 5.92 Å². The molecule has 0 amide bonds. The Kier molecular flexibility index (Phi) is 1.79. The molecule has 0 aliphatic carbocycles. The minimum atomic E-state index is 0.443. The van der Waals surface area contributed by atoms with Crippen LogP contribution in [0.5, 0.6) is 0 Å². The summed E-state index contributed by atoms with van der Waals surface area (Å²) in [5, 5.41) is 8.34. The predicted molar refractivity (Wildman–Crippen MR) is 52.7 cm³/mol. The van der Waals surface area contributed by atoms with Crippen LogP contribution in [-0.4, -0.2) is 15.2 Å². The first kappa shape index (κ1) is 8.23. The van der Waals surface area contributed by atoms with Gasteiger partial charge in [0.25, 0.3) is 0 Å². The van der Waals surface area contributed by atoms with Gasteiger partial charge in [0.2, 0.25) is 0 Å². The lowest BCUT2D eigenvalue weighted by Crippen LogP contribution is -1.87. The summed E-state index contributed by atoms with van der Waals surface area (Å²) in [5.41, 5.74) is 3.01. The van der Waals surface area contributed by atoms with Gasteiger partial charge in [-0.1, -0.05) is 13.8 Å². The maximum absolute atomic E-state index is 4.36. The second-order valence-corrected chi connectivity index (χ2v) is 3.61. The highest BCUT2D eigenvalue weighted by atomic mass is 15.1. The van der Waals surface area contributed by atoms with Gasteiger partial charge in [-0.25, -0.2) is 4.98 Å². The lowest BCUT2D eigenvalue weighted by molar-refractivity contribution is 0.817. The molecule has 0 aromatic carbocycles. The number of hydrogen-bond donors (Lipinski definition) is 1. The molecule has 0 fully saturated rings. The monoisotopic (exact) mass is 175 g/mol. The zero-order valence-corrected chi connectivity index (χ0v) is 8.13. The van der Waals surface area contributed by atoms with Gasteiger partial charge in [-0.2, -0.15) is 5.10 Å². The second kappa shape index (κ2) is 2.83. The van der Waals surface area contributed by atoms with Crippen LogP contribution in [-0.2, 0) is 0 Å². The van der Waals surface area contributed by atoms with Crippen molar-refractivity contribution in [2.24, 2.45) is 0 Å². The smallest absolute Gasteiger partial charge is 0.155 e. The summed E-state index contributed by atoms with van der Waals surface area (Å²) in [5.74, 6) is 0.443. The number of aryl methyl sites for hydroxylation is 1. The Morgan fingerprint density at radius 3 is 2.77 bits per heavy atom. The Bertz CT molecular complexity index is 429. The molecule has 68 valence electrons. The summed E-state index contributed by atoms with van der Waals surface area (Å²) in [6.45, 7) is 6.25. The Morgan fingerprint density at radius 2 is 2.08 bits per heavy atom. The van der Waals surface area contributed by atoms with Gasteiger partial charge in [0.15, 0.2) is 5.65 Å². The standard InChI is InChI=1S/C10H13N3/c1-6(2)9-8-5-4-7(3)11-10(8)13-12-9/h4-6H,1-3H3,(H,11,12,13). The number of hydrogen-bond acceptors (Lipinski definition) is 2. The summed E-state index contributed by atoms with van der Waals surface area (Å²) in [4.78, 5) is 4.36. The minimum absolute atomic E-state index is 0.443. The van der Waals surface area contributed by atoms with Crippen LogP contribution in [0.1, 0.15) is 31.2 Å². The van der Waals surface area contributed by atoms with Crippen LogP contribution in [0.4, 0.5) is 0 Å². The molecule has 0 aliphatic heterocycles. The third-order valence-electron chi connectivity index (χ3n) is 2.14. The highest BCUT2D eigenvalue weighted by Crippen LogP contribution is 2.21. The van der Waals surface area contributed by atoms with E-state index in [2.05, 4.69) is 35.1 Å². The first-order chi connectivity index (χ1) is 6.18. The average molecular weight is 175 g/mol. The molecule has 2 rings (SSSR count). The maximum Gasteiger partial charge on any atom is 0.155 e. The molecule has 2 aromatic rings. The second-order valence-electron chi connectivity index (χ2n) is 3.61. The van der Waals surface area contributed by atoms with E-state index in [1.807, 2.05) is 13.0 Å². The molecule has 0 aliphatic rings. The van der Waals surface area contributed by atoms with Crippen molar-refractivity contribution >= 4 is 11.0 Å². The van der Waals surface area contributed by atoms with Gasteiger partial charge in [-0.15, -0.1) is 0 Å². The van der Waals surface area contributed by atoms with Crippen molar-refractivity contribution in [3.8, 4) is 0 Å². The van der Waals surface area contributed by atoms with E-state index in [1.54, 1.807) is 0 Å². The fourth-order valence-electron chi connectivity index (χ4n) is 1.46. The lowest BCUT2D eigenvalue weighted by Gasteiger charge is -1.99. The van der Waals surface area contributed by atoms with Gasteiger partial charge in [-0.05, 0) is 25.0 Å². The van der Waals surface area contributed by atoms with Crippen LogP contribution in [0.3, 0.4) is 0 Å². The van der Waals surface area contributed by atoms with E-state index in [0.717, 1.165) is 22.4 Å². The van der Waals surface area contributed by atoms with Crippen molar-refractivity contribution in [3.05, 3.63) is 23.5 Å². The number of H-pyrrole nitrogens is 1. The van der Waals surface area contributed by atoms with Gasteiger partial charge in [0, 0.05) is 11.1 Å². The average Bonchev–Trinajstić information content (AvgIpc) is 2.46. The van der Waals surface area contributed by atoms with Crippen LogP contribution in [0.25, 0.3) is 11.0 Å². The Balaban J connectivity index is 2.69. The van der Waals surface area contributed by atoms with Crippen molar-refractivity contribution in [1.82, 2.24) is 15.2 Å². The Labute approximate surface area is 77.2 Å². The molecule has 0 unspecified atom stereocenters. The predicted octanol–water partition coefficient (Wildman–Crippen LogP) is 2.39. The van der Waals surface area contributed by atoms with Crippen molar-refractivity contribution in [2.75, 3.05) is 0 Å². The van der Waals surface area contributed by atoms with Gasteiger partial charge in [0.05, 0.1) is 5.69 Å². The fraction of sp³-hybridized carbons (Fsp3) is 0.400. The SMILES string of the molecule is Cc1ccc2c(C(C)C)n[nH]c2n1. The number of aromatic amines is 1. The highest BCUT2D eigenvalue weighted by molar-refractivity contribution is 5.78. The lowest BCUT2D eigenvalue weighted by atomic mass is 10.1. The first-order valence-electron chi connectivity index (χ1n) is 4.50. The van der Waals surface area contributed by atoms with E-state index in [1.165, 1.54) is 0 Å². The van der Waals surface area contributed by atoms with Crippen molar-refractivity contribution in [3.63, 3.8) is 0 Å². The number of nitrogens with one attached hydrogen (secondary N) is 1. The highest BCUT2D eigenvalue weighted by Gasteiger charge is 2.09. The Hall–Kier alpha value is -1.38. The van der Waals surface area contributed by atoms with Crippen LogP contribution >= 0.6 is 0 Å². The molecule has 2 aromatic heterocycles. The maximum atomic E-state index is 4.36. The van der Waals surface area contributed by atoms with Crippen LogP contribution in [0.2, 0.25) is 0 Å². The van der Waals surface area contributed by atoms with Gasteiger partial charge in [0.1, 0.15) is 0 Å². The largest absolute Gasteiger partial charge is 0.261 e. The third-order valence-corrected chi connectivity index (χ3v) is 2.14. The summed E-state index contributed by atoms with van der Waals surface area (Å²) >= 11 is 0. The molecule has 0 spiro atoms. The summed E-state index contributed by atoms with van der Waals surface area (Å²) in [6.07, 6.45) is 0. The van der Waals surface area contributed by atoms with Crippen LogP contribution < -0.4 is 0 Å². The van der Waals surface area contributed by atoms with Crippen molar-refractivity contribution in [1.29, 1.82) is 0 Å². The fourth-order valence-corrected chi connectivity index (χ4v) is 1.46.